The van der Waals surface area contributed by atoms with Crippen molar-refractivity contribution in [2.24, 2.45) is 0 Å². The van der Waals surface area contributed by atoms with Crippen LogP contribution in [-0.4, -0.2) is 17.7 Å². The van der Waals surface area contributed by atoms with E-state index in [0.717, 1.165) is 16.3 Å². The molecule has 0 unspecified atom stereocenters. The van der Waals surface area contributed by atoms with Crippen molar-refractivity contribution in [2.75, 3.05) is 0 Å². The predicted octanol–water partition coefficient (Wildman–Crippen LogP) is 4.70. The summed E-state index contributed by atoms with van der Waals surface area (Å²) in [7, 11) is 0. The molecule has 0 aromatic heterocycles. The van der Waals surface area contributed by atoms with Gasteiger partial charge in [0.2, 0.25) is 0 Å². The highest BCUT2D eigenvalue weighted by Gasteiger charge is 2.52. The first-order chi connectivity index (χ1) is 13.9. The highest BCUT2D eigenvalue weighted by molar-refractivity contribution is 5.86. The number of fused-ring (bicyclic) bond motifs is 1. The molecule has 2 atom stereocenters. The van der Waals surface area contributed by atoms with Crippen molar-refractivity contribution < 1.29 is 28.2 Å². The van der Waals surface area contributed by atoms with Gasteiger partial charge < -0.3 is 14.2 Å². The fraction of sp³-hybridized carbons (Fsp3) is 0.217. The van der Waals surface area contributed by atoms with E-state index < -0.39 is 29.6 Å². The highest BCUT2D eigenvalue weighted by Crippen LogP contribution is 2.33. The Hall–Kier alpha value is -3.41. The van der Waals surface area contributed by atoms with E-state index in [2.05, 4.69) is 0 Å². The molecular weight excluding hydrogens is 375 g/mol. The first-order valence-electron chi connectivity index (χ1n) is 9.31. The van der Waals surface area contributed by atoms with Crippen molar-refractivity contribution in [3.63, 3.8) is 0 Å². The highest BCUT2D eigenvalue weighted by atomic mass is 19.1. The number of halogens is 1. The minimum atomic E-state index is -1.87. The van der Waals surface area contributed by atoms with Crippen LogP contribution >= 0.6 is 0 Å². The summed E-state index contributed by atoms with van der Waals surface area (Å²) in [5.41, 5.74) is 0.804. The van der Waals surface area contributed by atoms with Gasteiger partial charge >= 0.3 is 17.7 Å². The Kier molecular flexibility index (Phi) is 4.92. The number of esters is 2. The van der Waals surface area contributed by atoms with Crippen LogP contribution in [0.3, 0.4) is 0 Å². The van der Waals surface area contributed by atoms with E-state index in [-0.39, 0.29) is 18.6 Å². The van der Waals surface area contributed by atoms with Gasteiger partial charge in [-0.15, -0.1) is 0 Å². The zero-order valence-corrected chi connectivity index (χ0v) is 15.8. The summed E-state index contributed by atoms with van der Waals surface area (Å²) in [6.07, 6.45) is -0.534. The molecule has 0 spiro atoms. The molecule has 1 saturated heterocycles. The van der Waals surface area contributed by atoms with Crippen molar-refractivity contribution in [1.82, 2.24) is 0 Å². The van der Waals surface area contributed by atoms with E-state index in [4.69, 9.17) is 14.2 Å². The Bertz CT molecular complexity index is 1060. The van der Waals surface area contributed by atoms with Crippen molar-refractivity contribution in [1.29, 1.82) is 0 Å². The zero-order chi connectivity index (χ0) is 20.4. The molecule has 0 aliphatic carbocycles. The molecule has 0 saturated carbocycles. The fourth-order valence-electron chi connectivity index (χ4n) is 3.28. The molecular formula is C23H19FO5. The van der Waals surface area contributed by atoms with E-state index in [9.17, 15) is 14.0 Å². The molecule has 4 rings (SSSR count). The number of carbonyl (C=O) groups excluding carboxylic acids is 2. The maximum Gasteiger partial charge on any atom is 0.393 e. The van der Waals surface area contributed by atoms with Crippen LogP contribution in [0.25, 0.3) is 10.8 Å². The first-order valence-corrected chi connectivity index (χ1v) is 9.31. The Morgan fingerprint density at radius 1 is 1.07 bits per heavy atom. The lowest BCUT2D eigenvalue weighted by atomic mass is 10.0. The number of rotatable bonds is 5. The Labute approximate surface area is 167 Å². The molecule has 0 radical (unpaired) electrons. The second-order valence-electron chi connectivity index (χ2n) is 6.94. The SMILES string of the molecule is C[C@@H](OC(=O)[C@@]1(Oc2ccc(F)cc2)CCC(=O)O1)c1ccc2ccccc2c1. The van der Waals surface area contributed by atoms with Gasteiger partial charge in [-0.3, -0.25) is 4.79 Å². The third-order valence-electron chi connectivity index (χ3n) is 4.87. The molecule has 29 heavy (non-hydrogen) atoms. The van der Waals surface area contributed by atoms with Gasteiger partial charge in [0.1, 0.15) is 17.7 Å². The lowest BCUT2D eigenvalue weighted by Crippen LogP contribution is -2.46. The average Bonchev–Trinajstić information content (AvgIpc) is 3.11. The molecule has 3 aromatic carbocycles. The van der Waals surface area contributed by atoms with Crippen LogP contribution < -0.4 is 4.74 Å². The molecule has 148 valence electrons. The summed E-state index contributed by atoms with van der Waals surface area (Å²) in [5.74, 6) is -3.46. The number of carbonyl (C=O) groups is 2. The quantitative estimate of drug-likeness (QED) is 0.587. The Balaban J connectivity index is 1.55. The van der Waals surface area contributed by atoms with Gasteiger partial charge in [0, 0.05) is 6.42 Å². The summed E-state index contributed by atoms with van der Waals surface area (Å²) in [6, 6.07) is 18.8. The van der Waals surface area contributed by atoms with Crippen LogP contribution in [0, 0.1) is 5.82 Å². The average molecular weight is 394 g/mol. The van der Waals surface area contributed by atoms with E-state index >= 15 is 0 Å². The van der Waals surface area contributed by atoms with Crippen LogP contribution in [0.1, 0.15) is 31.4 Å². The van der Waals surface area contributed by atoms with E-state index in [1.807, 2.05) is 42.5 Å². The molecule has 1 aliphatic heterocycles. The number of hydrogen-bond acceptors (Lipinski definition) is 5. The molecule has 0 amide bonds. The smallest absolute Gasteiger partial charge is 0.393 e. The fourth-order valence-corrected chi connectivity index (χ4v) is 3.28. The van der Waals surface area contributed by atoms with Gasteiger partial charge in [0.15, 0.2) is 0 Å². The standard InChI is InChI=1S/C23H19FO5/c1-15(17-7-6-16-4-2-3-5-18(16)14-17)27-22(26)23(13-12-21(25)29-23)28-20-10-8-19(24)9-11-20/h2-11,14-15H,12-13H2,1H3/t15-,23-/m1/s1. The van der Waals surface area contributed by atoms with Gasteiger partial charge in [0.25, 0.3) is 0 Å². The molecule has 0 bridgehead atoms. The second-order valence-corrected chi connectivity index (χ2v) is 6.94. The van der Waals surface area contributed by atoms with Crippen molar-refractivity contribution in [2.45, 2.75) is 31.7 Å². The van der Waals surface area contributed by atoms with Gasteiger partial charge in [-0.05, 0) is 53.6 Å². The largest absolute Gasteiger partial charge is 0.452 e. The number of ether oxygens (including phenoxy) is 3. The zero-order valence-electron chi connectivity index (χ0n) is 15.8. The first kappa shape index (κ1) is 18.9. The molecule has 1 heterocycles. The predicted molar refractivity (Wildman–Crippen MR) is 104 cm³/mol. The molecule has 1 aliphatic rings. The molecule has 3 aromatic rings. The Morgan fingerprint density at radius 2 is 1.79 bits per heavy atom. The maximum atomic E-state index is 13.2. The van der Waals surface area contributed by atoms with Gasteiger partial charge in [-0.1, -0.05) is 36.4 Å². The number of hydrogen-bond donors (Lipinski definition) is 0. The van der Waals surface area contributed by atoms with E-state index in [0.29, 0.717) is 0 Å². The summed E-state index contributed by atoms with van der Waals surface area (Å²) in [5, 5.41) is 2.10. The molecule has 0 N–H and O–H groups in total. The van der Waals surface area contributed by atoms with Crippen LogP contribution in [0.5, 0.6) is 5.75 Å². The van der Waals surface area contributed by atoms with Gasteiger partial charge in [-0.25, -0.2) is 9.18 Å². The van der Waals surface area contributed by atoms with Gasteiger partial charge in [0.05, 0.1) is 6.42 Å². The monoisotopic (exact) mass is 394 g/mol. The third-order valence-corrected chi connectivity index (χ3v) is 4.87. The summed E-state index contributed by atoms with van der Waals surface area (Å²) in [6.45, 7) is 1.74. The summed E-state index contributed by atoms with van der Waals surface area (Å²) >= 11 is 0. The van der Waals surface area contributed by atoms with Crippen LogP contribution in [0.2, 0.25) is 0 Å². The minimum Gasteiger partial charge on any atom is -0.452 e. The van der Waals surface area contributed by atoms with E-state index in [1.165, 1.54) is 24.3 Å². The lowest BCUT2D eigenvalue weighted by Gasteiger charge is -2.27. The second kappa shape index (κ2) is 7.54. The molecule has 6 heteroatoms. The number of cyclic esters (lactones) is 1. The lowest BCUT2D eigenvalue weighted by molar-refractivity contribution is -0.210. The summed E-state index contributed by atoms with van der Waals surface area (Å²) < 4.78 is 29.7. The normalized spacial score (nSPS) is 19.6. The van der Waals surface area contributed by atoms with E-state index in [1.54, 1.807) is 6.92 Å². The molecule has 5 nitrogen and oxygen atoms in total. The van der Waals surface area contributed by atoms with Crippen LogP contribution in [0.4, 0.5) is 4.39 Å². The molecule has 1 fully saturated rings. The third kappa shape index (κ3) is 3.92. The van der Waals surface area contributed by atoms with Crippen molar-refractivity contribution >= 4 is 22.7 Å². The van der Waals surface area contributed by atoms with Gasteiger partial charge in [-0.2, -0.15) is 0 Å². The van der Waals surface area contributed by atoms with Crippen molar-refractivity contribution in [3.05, 3.63) is 78.1 Å². The van der Waals surface area contributed by atoms with Crippen molar-refractivity contribution in [3.8, 4) is 5.75 Å². The maximum absolute atomic E-state index is 13.2. The minimum absolute atomic E-state index is 0.0203. The summed E-state index contributed by atoms with van der Waals surface area (Å²) in [4.78, 5) is 24.7. The van der Waals surface area contributed by atoms with Crippen LogP contribution in [-0.2, 0) is 19.1 Å². The topological polar surface area (TPSA) is 61.8 Å². The Morgan fingerprint density at radius 3 is 2.48 bits per heavy atom. The van der Waals surface area contributed by atoms with Crippen LogP contribution in [0.15, 0.2) is 66.7 Å². The number of benzene rings is 3.